The minimum Gasteiger partial charge on any atom is -0.458 e. The van der Waals surface area contributed by atoms with E-state index in [4.69, 9.17) is 9.72 Å². The van der Waals surface area contributed by atoms with Crippen LogP contribution in [0.5, 0.6) is 0 Å². The highest BCUT2D eigenvalue weighted by Gasteiger charge is 2.46. The lowest BCUT2D eigenvalue weighted by Crippen LogP contribution is -2.44. The molecule has 9 heteroatoms. The third-order valence-corrected chi connectivity index (χ3v) is 9.04. The van der Waals surface area contributed by atoms with Crippen molar-refractivity contribution in [3.63, 3.8) is 0 Å². The fourth-order valence-electron chi connectivity index (χ4n) is 6.74. The van der Waals surface area contributed by atoms with Gasteiger partial charge in [-0.1, -0.05) is 27.7 Å². The van der Waals surface area contributed by atoms with Gasteiger partial charge in [-0.2, -0.15) is 0 Å². The second-order valence-electron chi connectivity index (χ2n) is 12.9. The number of halogens is 1. The van der Waals surface area contributed by atoms with Crippen LogP contribution in [-0.4, -0.2) is 26.5 Å². The lowest BCUT2D eigenvalue weighted by molar-refractivity contribution is -0.172. The summed E-state index contributed by atoms with van der Waals surface area (Å²) in [6.07, 6.45) is 3.37. The van der Waals surface area contributed by atoms with Crippen molar-refractivity contribution >= 4 is 22.8 Å². The van der Waals surface area contributed by atoms with Crippen molar-refractivity contribution in [2.75, 3.05) is 0 Å². The fourth-order valence-corrected chi connectivity index (χ4v) is 6.74. The van der Waals surface area contributed by atoms with Crippen LogP contribution in [0.15, 0.2) is 16.9 Å². The lowest BCUT2D eigenvalue weighted by atomic mass is 9.81. The number of benzene rings is 1. The van der Waals surface area contributed by atoms with Crippen LogP contribution in [0.1, 0.15) is 99.2 Å². The number of aryl methyl sites for hydroxylation is 1. The molecule has 0 saturated carbocycles. The van der Waals surface area contributed by atoms with E-state index in [2.05, 4.69) is 26.1 Å². The number of nitrogens with zero attached hydrogens (tertiary/aromatic N) is 2. The van der Waals surface area contributed by atoms with Crippen molar-refractivity contribution in [2.45, 2.75) is 97.9 Å². The number of pyridine rings is 2. The molecule has 1 aromatic carbocycles. The summed E-state index contributed by atoms with van der Waals surface area (Å²) in [5.41, 5.74) is 2.89. The normalized spacial score (nSPS) is 20.9. The predicted molar refractivity (Wildman–Crippen MR) is 152 cm³/mol. The molecule has 0 spiro atoms. The van der Waals surface area contributed by atoms with Gasteiger partial charge in [0.1, 0.15) is 12.4 Å². The average Bonchev–Trinajstić information content (AvgIpc) is 3.28. The van der Waals surface area contributed by atoms with Crippen LogP contribution in [-0.2, 0) is 39.5 Å². The van der Waals surface area contributed by atoms with Gasteiger partial charge >= 0.3 is 5.97 Å². The molecule has 0 unspecified atom stereocenters. The Morgan fingerprint density at radius 3 is 2.71 bits per heavy atom. The molecule has 1 amide bonds. The topological polar surface area (TPSA) is 111 Å². The Hall–Kier alpha value is -3.59. The maximum Gasteiger partial charge on any atom is 0.343 e. The predicted octanol–water partition coefficient (Wildman–Crippen LogP) is 4.85. The van der Waals surface area contributed by atoms with Crippen LogP contribution in [0.3, 0.4) is 0 Å². The summed E-state index contributed by atoms with van der Waals surface area (Å²) in [6, 6.07) is 2.77. The van der Waals surface area contributed by atoms with Crippen molar-refractivity contribution in [3.05, 3.63) is 61.7 Å². The highest BCUT2D eigenvalue weighted by Crippen LogP contribution is 2.46. The molecule has 8 nitrogen and oxygen atoms in total. The second-order valence-corrected chi connectivity index (χ2v) is 12.9. The Balaban J connectivity index is 1.51. The molecule has 2 aliphatic heterocycles. The van der Waals surface area contributed by atoms with Gasteiger partial charge in [0.2, 0.25) is 5.91 Å². The maximum atomic E-state index is 15.1. The van der Waals surface area contributed by atoms with Gasteiger partial charge in [-0.05, 0) is 67.2 Å². The van der Waals surface area contributed by atoms with E-state index in [9.17, 15) is 19.5 Å². The molecule has 2 atom stereocenters. The maximum absolute atomic E-state index is 15.1. The summed E-state index contributed by atoms with van der Waals surface area (Å²) < 4.78 is 21.9. The van der Waals surface area contributed by atoms with Gasteiger partial charge in [-0.3, -0.25) is 9.59 Å². The SMILES string of the molecule is CC[C@@]1(O)C(=O)OCc2c1cc1n(c2=O)Cc2c-1nc1cc(F)c(C)c3c1c2[C@@H](NC(=O)CCCC(C)(C)C)CC3. The zero-order chi connectivity index (χ0) is 29.4. The Kier molecular flexibility index (Phi) is 6.37. The molecule has 6 rings (SSSR count). The van der Waals surface area contributed by atoms with E-state index in [0.29, 0.717) is 41.7 Å². The van der Waals surface area contributed by atoms with Crippen LogP contribution in [0.4, 0.5) is 4.39 Å². The minimum atomic E-state index is -1.93. The van der Waals surface area contributed by atoms with Crippen LogP contribution >= 0.6 is 0 Å². The van der Waals surface area contributed by atoms with E-state index in [1.807, 2.05) is 0 Å². The number of aromatic nitrogens is 2. The van der Waals surface area contributed by atoms with Gasteiger partial charge in [0, 0.05) is 29.0 Å². The Morgan fingerprint density at radius 2 is 2.00 bits per heavy atom. The highest BCUT2D eigenvalue weighted by atomic mass is 19.1. The first-order chi connectivity index (χ1) is 19.3. The number of aliphatic hydroxyl groups is 1. The van der Waals surface area contributed by atoms with E-state index in [0.717, 1.165) is 34.9 Å². The first-order valence-electron chi connectivity index (χ1n) is 14.4. The van der Waals surface area contributed by atoms with Crippen LogP contribution < -0.4 is 10.9 Å². The molecule has 216 valence electrons. The smallest absolute Gasteiger partial charge is 0.343 e. The molecular formula is C32H36FN3O5. The van der Waals surface area contributed by atoms with Gasteiger partial charge in [-0.25, -0.2) is 14.2 Å². The molecule has 3 aliphatic rings. The molecule has 1 aliphatic carbocycles. The number of rotatable bonds is 5. The molecule has 2 aromatic heterocycles. The van der Waals surface area contributed by atoms with E-state index in [-0.39, 0.29) is 59.4 Å². The van der Waals surface area contributed by atoms with Crippen LogP contribution in [0.25, 0.3) is 22.3 Å². The lowest BCUT2D eigenvalue weighted by Gasteiger charge is -2.31. The average molecular weight is 562 g/mol. The molecule has 0 radical (unpaired) electrons. The second kappa shape index (κ2) is 9.48. The molecular weight excluding hydrogens is 525 g/mol. The van der Waals surface area contributed by atoms with Gasteiger partial charge < -0.3 is 19.7 Å². The van der Waals surface area contributed by atoms with Crippen molar-refractivity contribution in [2.24, 2.45) is 5.41 Å². The summed E-state index contributed by atoms with van der Waals surface area (Å²) in [5, 5.41) is 15.3. The molecule has 2 N–H and O–H groups in total. The largest absolute Gasteiger partial charge is 0.458 e. The number of carbonyl (C=O) groups excluding carboxylic acids is 2. The third-order valence-electron chi connectivity index (χ3n) is 9.04. The molecule has 0 bridgehead atoms. The van der Waals surface area contributed by atoms with Gasteiger partial charge in [0.15, 0.2) is 5.60 Å². The zero-order valence-corrected chi connectivity index (χ0v) is 24.2. The number of cyclic esters (lactones) is 1. The summed E-state index contributed by atoms with van der Waals surface area (Å²) >= 11 is 0. The number of esters is 1. The van der Waals surface area contributed by atoms with Crippen molar-refractivity contribution < 1.29 is 23.8 Å². The zero-order valence-electron chi connectivity index (χ0n) is 24.2. The quantitative estimate of drug-likeness (QED) is 0.337. The number of fused-ring (bicyclic) bond motifs is 5. The third kappa shape index (κ3) is 4.28. The minimum absolute atomic E-state index is 0.0351. The van der Waals surface area contributed by atoms with Gasteiger partial charge in [-0.15, -0.1) is 0 Å². The van der Waals surface area contributed by atoms with E-state index in [1.165, 1.54) is 6.07 Å². The first-order valence-corrected chi connectivity index (χ1v) is 14.4. The monoisotopic (exact) mass is 561 g/mol. The highest BCUT2D eigenvalue weighted by molar-refractivity contribution is 5.94. The number of carbonyl (C=O) groups is 2. The van der Waals surface area contributed by atoms with Crippen LogP contribution in [0, 0.1) is 18.2 Å². The number of ether oxygens (including phenoxy) is 1. The Morgan fingerprint density at radius 1 is 1.24 bits per heavy atom. The summed E-state index contributed by atoms with van der Waals surface area (Å²) in [7, 11) is 0. The van der Waals surface area contributed by atoms with Crippen molar-refractivity contribution in [1.82, 2.24) is 14.9 Å². The number of hydrogen-bond acceptors (Lipinski definition) is 6. The van der Waals surface area contributed by atoms with Crippen LogP contribution in [0.2, 0.25) is 0 Å². The summed E-state index contributed by atoms with van der Waals surface area (Å²) in [4.78, 5) is 44.3. The Labute approximate surface area is 237 Å². The van der Waals surface area contributed by atoms with Gasteiger partial charge in [0.05, 0.1) is 35.1 Å². The molecule has 4 heterocycles. The molecule has 0 saturated heterocycles. The number of amides is 1. The van der Waals surface area contributed by atoms with E-state index < -0.39 is 11.6 Å². The molecule has 41 heavy (non-hydrogen) atoms. The number of hydrogen-bond donors (Lipinski definition) is 2. The summed E-state index contributed by atoms with van der Waals surface area (Å²) in [5.74, 6) is -1.17. The summed E-state index contributed by atoms with van der Waals surface area (Å²) in [6.45, 7) is 9.90. The van der Waals surface area contributed by atoms with E-state index in [1.54, 1.807) is 24.5 Å². The van der Waals surface area contributed by atoms with Crippen molar-refractivity contribution in [1.29, 1.82) is 0 Å². The molecule has 0 fully saturated rings. The van der Waals surface area contributed by atoms with Crippen molar-refractivity contribution in [3.8, 4) is 11.4 Å². The fraction of sp³-hybridized carbons (Fsp3) is 0.500. The standard InChI is InChI=1S/C32H36FN3O5/c1-6-32(40)20-12-24-28-18(14-36(24)29(38)19(20)15-41-30(32)39)27-22(34-25(37)8-7-11-31(3,4)5)10-9-17-16(2)21(33)13-23(35-28)26(17)27/h12-13,22,40H,6-11,14-15H2,1-5H3,(H,34,37)/t22-,32-/m0/s1. The number of nitrogens with one attached hydrogen (secondary N) is 1. The Bertz CT molecular complexity index is 1700. The first kappa shape index (κ1) is 27.6. The van der Waals surface area contributed by atoms with Gasteiger partial charge in [0.25, 0.3) is 5.56 Å². The van der Waals surface area contributed by atoms with E-state index >= 15 is 4.39 Å². The molecule has 3 aromatic rings.